The lowest BCUT2D eigenvalue weighted by Gasteiger charge is -2.06. The van der Waals surface area contributed by atoms with E-state index in [0.717, 1.165) is 12.8 Å². The number of amides is 2. The van der Waals surface area contributed by atoms with Gasteiger partial charge in [-0.05, 0) is 37.1 Å². The van der Waals surface area contributed by atoms with Gasteiger partial charge in [0.05, 0.1) is 5.51 Å². The van der Waals surface area contributed by atoms with Gasteiger partial charge in [0.1, 0.15) is 5.69 Å². The number of carbonyl (C=O) groups excluding carboxylic acids is 2. The van der Waals surface area contributed by atoms with E-state index in [1.165, 1.54) is 11.3 Å². The molecule has 0 unspecified atom stereocenters. The van der Waals surface area contributed by atoms with Crippen LogP contribution in [0.2, 0.25) is 0 Å². The van der Waals surface area contributed by atoms with Crippen molar-refractivity contribution in [3.05, 3.63) is 46.4 Å². The fourth-order valence-electron chi connectivity index (χ4n) is 1.72. The van der Waals surface area contributed by atoms with Crippen molar-refractivity contribution in [3.8, 4) is 0 Å². The van der Waals surface area contributed by atoms with Crippen LogP contribution in [0.25, 0.3) is 0 Å². The largest absolute Gasteiger partial charge is 0.349 e. The molecule has 2 aromatic rings. The van der Waals surface area contributed by atoms with Crippen molar-refractivity contribution >= 4 is 28.8 Å². The third-order valence-electron chi connectivity index (χ3n) is 2.98. The van der Waals surface area contributed by atoms with Crippen LogP contribution in [-0.4, -0.2) is 22.8 Å². The quantitative estimate of drug-likeness (QED) is 0.906. The summed E-state index contributed by atoms with van der Waals surface area (Å²) in [6.45, 7) is 0. The Morgan fingerprint density at radius 3 is 2.50 bits per heavy atom. The van der Waals surface area contributed by atoms with Crippen LogP contribution in [0.3, 0.4) is 0 Å². The van der Waals surface area contributed by atoms with Gasteiger partial charge in [0.2, 0.25) is 0 Å². The molecule has 0 aliphatic heterocycles. The second kappa shape index (κ2) is 5.42. The monoisotopic (exact) mass is 287 g/mol. The highest BCUT2D eigenvalue weighted by atomic mass is 32.1. The molecule has 20 heavy (non-hydrogen) atoms. The van der Waals surface area contributed by atoms with E-state index in [9.17, 15) is 9.59 Å². The Hall–Kier alpha value is -2.21. The number of carbonyl (C=O) groups is 2. The Kier molecular flexibility index (Phi) is 3.47. The van der Waals surface area contributed by atoms with Crippen LogP contribution in [0.4, 0.5) is 5.69 Å². The summed E-state index contributed by atoms with van der Waals surface area (Å²) in [5, 5.41) is 7.34. The van der Waals surface area contributed by atoms with Crippen LogP contribution < -0.4 is 10.6 Å². The summed E-state index contributed by atoms with van der Waals surface area (Å²) in [5.41, 5.74) is 3.25. The fourth-order valence-corrected chi connectivity index (χ4v) is 2.25. The number of rotatable bonds is 4. The molecule has 6 heteroatoms. The van der Waals surface area contributed by atoms with Crippen molar-refractivity contribution in [3.63, 3.8) is 0 Å². The summed E-state index contributed by atoms with van der Waals surface area (Å²) in [7, 11) is 0. The minimum atomic E-state index is -0.249. The normalized spacial score (nSPS) is 13.8. The lowest BCUT2D eigenvalue weighted by Crippen LogP contribution is -2.25. The molecule has 0 spiro atoms. The average molecular weight is 287 g/mol. The van der Waals surface area contributed by atoms with Gasteiger partial charge < -0.3 is 10.6 Å². The minimum Gasteiger partial charge on any atom is -0.349 e. The molecule has 2 amide bonds. The molecule has 1 aliphatic carbocycles. The first-order valence-electron chi connectivity index (χ1n) is 6.33. The van der Waals surface area contributed by atoms with Gasteiger partial charge >= 0.3 is 0 Å². The van der Waals surface area contributed by atoms with E-state index in [2.05, 4.69) is 15.6 Å². The van der Waals surface area contributed by atoms with Gasteiger partial charge in [-0.2, -0.15) is 0 Å². The summed E-state index contributed by atoms with van der Waals surface area (Å²) >= 11 is 1.37. The number of aromatic nitrogens is 1. The van der Waals surface area contributed by atoms with Crippen molar-refractivity contribution < 1.29 is 9.59 Å². The molecule has 102 valence electrons. The van der Waals surface area contributed by atoms with E-state index in [4.69, 9.17) is 0 Å². The third-order valence-corrected chi connectivity index (χ3v) is 3.57. The molecule has 0 atom stereocenters. The summed E-state index contributed by atoms with van der Waals surface area (Å²) in [5.74, 6) is -0.314. The standard InChI is InChI=1S/C14H13N3O2S/c18-13(16-11-5-6-11)9-1-3-10(4-2-9)17-14(19)12-7-20-8-15-12/h1-4,7-8,11H,5-6H2,(H,16,18)(H,17,19). The molecule has 5 nitrogen and oxygen atoms in total. The zero-order valence-corrected chi connectivity index (χ0v) is 11.4. The Bertz CT molecular complexity index is 618. The predicted molar refractivity (Wildman–Crippen MR) is 77.0 cm³/mol. The molecule has 1 aromatic carbocycles. The number of hydrogen-bond acceptors (Lipinski definition) is 4. The van der Waals surface area contributed by atoms with E-state index in [0.29, 0.717) is 23.0 Å². The number of hydrogen-bond donors (Lipinski definition) is 2. The first kappa shape index (κ1) is 12.8. The van der Waals surface area contributed by atoms with Crippen LogP contribution in [-0.2, 0) is 0 Å². The Morgan fingerprint density at radius 1 is 1.15 bits per heavy atom. The molecule has 1 aromatic heterocycles. The molecular weight excluding hydrogens is 274 g/mol. The van der Waals surface area contributed by atoms with Gasteiger partial charge in [-0.25, -0.2) is 4.98 Å². The molecule has 0 bridgehead atoms. The second-order valence-electron chi connectivity index (χ2n) is 4.65. The molecule has 1 aliphatic rings. The van der Waals surface area contributed by atoms with Crippen molar-refractivity contribution in [2.75, 3.05) is 5.32 Å². The van der Waals surface area contributed by atoms with E-state index >= 15 is 0 Å². The van der Waals surface area contributed by atoms with Gasteiger partial charge in [0.25, 0.3) is 11.8 Å². The van der Waals surface area contributed by atoms with E-state index < -0.39 is 0 Å². The van der Waals surface area contributed by atoms with E-state index in [1.54, 1.807) is 35.2 Å². The highest BCUT2D eigenvalue weighted by molar-refractivity contribution is 7.07. The van der Waals surface area contributed by atoms with Crippen LogP contribution >= 0.6 is 11.3 Å². The second-order valence-corrected chi connectivity index (χ2v) is 5.37. The maximum atomic E-state index is 11.8. The number of nitrogens with zero attached hydrogens (tertiary/aromatic N) is 1. The summed E-state index contributed by atoms with van der Waals surface area (Å²) in [6.07, 6.45) is 2.13. The van der Waals surface area contributed by atoms with Gasteiger partial charge in [-0.3, -0.25) is 9.59 Å². The smallest absolute Gasteiger partial charge is 0.275 e. The van der Waals surface area contributed by atoms with Crippen molar-refractivity contribution in [1.29, 1.82) is 0 Å². The maximum absolute atomic E-state index is 11.8. The van der Waals surface area contributed by atoms with E-state index in [-0.39, 0.29) is 11.8 Å². The molecule has 0 radical (unpaired) electrons. The van der Waals surface area contributed by atoms with E-state index in [1.807, 2.05) is 0 Å². The van der Waals surface area contributed by atoms with Crippen molar-refractivity contribution in [1.82, 2.24) is 10.3 Å². The lowest BCUT2D eigenvalue weighted by molar-refractivity contribution is 0.0950. The predicted octanol–water partition coefficient (Wildman–Crippen LogP) is 2.29. The van der Waals surface area contributed by atoms with Crippen molar-refractivity contribution in [2.45, 2.75) is 18.9 Å². The maximum Gasteiger partial charge on any atom is 0.275 e. The Morgan fingerprint density at radius 2 is 1.90 bits per heavy atom. The fraction of sp³-hybridized carbons (Fsp3) is 0.214. The van der Waals surface area contributed by atoms with Crippen LogP contribution in [0.5, 0.6) is 0 Å². The number of nitrogens with one attached hydrogen (secondary N) is 2. The SMILES string of the molecule is O=C(NC1CC1)c1ccc(NC(=O)c2cscn2)cc1. The molecular formula is C14H13N3O2S. The van der Waals surface area contributed by atoms with Gasteiger partial charge in [0.15, 0.2) is 0 Å². The number of thiazole rings is 1. The third kappa shape index (κ3) is 3.03. The minimum absolute atomic E-state index is 0.0649. The molecule has 0 saturated heterocycles. The first-order valence-corrected chi connectivity index (χ1v) is 7.27. The van der Waals surface area contributed by atoms with Crippen LogP contribution in [0, 0.1) is 0 Å². The average Bonchev–Trinajstić information content (AvgIpc) is 3.08. The summed E-state index contributed by atoms with van der Waals surface area (Å²) < 4.78 is 0. The first-order chi connectivity index (χ1) is 9.72. The number of benzene rings is 1. The van der Waals surface area contributed by atoms with Crippen LogP contribution in [0.1, 0.15) is 33.7 Å². The molecule has 2 N–H and O–H groups in total. The van der Waals surface area contributed by atoms with Gasteiger partial charge in [-0.15, -0.1) is 11.3 Å². The molecule has 1 heterocycles. The zero-order valence-electron chi connectivity index (χ0n) is 10.6. The molecule has 1 saturated carbocycles. The topological polar surface area (TPSA) is 71.1 Å². The number of anilines is 1. The summed E-state index contributed by atoms with van der Waals surface area (Å²) in [6, 6.07) is 7.17. The van der Waals surface area contributed by atoms with Crippen molar-refractivity contribution in [2.24, 2.45) is 0 Å². The van der Waals surface area contributed by atoms with Gasteiger partial charge in [0, 0.05) is 22.7 Å². The summed E-state index contributed by atoms with van der Waals surface area (Å²) in [4.78, 5) is 27.5. The lowest BCUT2D eigenvalue weighted by atomic mass is 10.2. The zero-order chi connectivity index (χ0) is 13.9. The van der Waals surface area contributed by atoms with Gasteiger partial charge in [-0.1, -0.05) is 0 Å². The van der Waals surface area contributed by atoms with Crippen LogP contribution in [0.15, 0.2) is 35.2 Å². The highest BCUT2D eigenvalue weighted by Gasteiger charge is 2.23. The molecule has 3 rings (SSSR count). The molecule has 1 fully saturated rings. The Labute approximate surface area is 120 Å². The Balaban J connectivity index is 1.63. The highest BCUT2D eigenvalue weighted by Crippen LogP contribution is 2.19.